The molecule has 0 fully saturated rings. The van der Waals surface area contributed by atoms with Crippen molar-refractivity contribution in [3.8, 4) is 0 Å². The van der Waals surface area contributed by atoms with E-state index in [2.05, 4.69) is 10.3 Å². The van der Waals surface area contributed by atoms with Crippen molar-refractivity contribution >= 4 is 11.9 Å². The predicted octanol–water partition coefficient (Wildman–Crippen LogP) is 4.96. The summed E-state index contributed by atoms with van der Waals surface area (Å²) >= 11 is 0. The van der Waals surface area contributed by atoms with Gasteiger partial charge in [0.25, 0.3) is 11.5 Å². The fourth-order valence-corrected chi connectivity index (χ4v) is 4.29. The number of carbonyl (C=O) groups excluding carboxylic acids is 1. The van der Waals surface area contributed by atoms with Crippen molar-refractivity contribution in [2.45, 2.75) is 52.5 Å². The highest BCUT2D eigenvalue weighted by Gasteiger charge is 2.30. The fourth-order valence-electron chi connectivity index (χ4n) is 4.29. The molecule has 35 heavy (non-hydrogen) atoms. The van der Waals surface area contributed by atoms with Crippen molar-refractivity contribution in [3.63, 3.8) is 0 Å². The summed E-state index contributed by atoms with van der Waals surface area (Å²) in [6.45, 7) is 6.52. The lowest BCUT2D eigenvalue weighted by molar-refractivity contribution is -0.137. The van der Waals surface area contributed by atoms with E-state index >= 15 is 0 Å². The van der Waals surface area contributed by atoms with Crippen LogP contribution in [0.4, 0.5) is 19.1 Å². The summed E-state index contributed by atoms with van der Waals surface area (Å²) in [7, 11) is 0. The average molecular weight is 485 g/mol. The van der Waals surface area contributed by atoms with E-state index in [0.717, 1.165) is 17.7 Å². The van der Waals surface area contributed by atoms with Gasteiger partial charge in [0.1, 0.15) is 0 Å². The van der Waals surface area contributed by atoms with Crippen molar-refractivity contribution in [1.82, 2.24) is 14.5 Å². The van der Waals surface area contributed by atoms with Gasteiger partial charge < -0.3 is 10.2 Å². The van der Waals surface area contributed by atoms with Crippen LogP contribution < -0.4 is 10.9 Å². The number of halogens is 3. The minimum Gasteiger partial charge on any atom is -0.349 e. The van der Waals surface area contributed by atoms with E-state index in [1.807, 2.05) is 32.0 Å². The monoisotopic (exact) mass is 484 g/mol. The Labute approximate surface area is 201 Å². The Morgan fingerprint density at radius 1 is 1.17 bits per heavy atom. The van der Waals surface area contributed by atoms with Gasteiger partial charge in [-0.15, -0.1) is 0 Å². The van der Waals surface area contributed by atoms with E-state index in [-0.39, 0.29) is 24.1 Å². The van der Waals surface area contributed by atoms with E-state index < -0.39 is 11.7 Å². The highest BCUT2D eigenvalue weighted by atomic mass is 19.4. The molecule has 1 aromatic heterocycles. The molecule has 0 saturated heterocycles. The average Bonchev–Trinajstić information content (AvgIpc) is 2.83. The summed E-state index contributed by atoms with van der Waals surface area (Å²) in [6, 6.07) is 11.9. The molecule has 1 aliphatic heterocycles. The number of nitrogens with one attached hydrogen (secondary N) is 1. The first-order valence-corrected chi connectivity index (χ1v) is 11.5. The van der Waals surface area contributed by atoms with Gasteiger partial charge in [0.05, 0.1) is 29.4 Å². The first kappa shape index (κ1) is 24.5. The second-order valence-corrected chi connectivity index (χ2v) is 8.74. The first-order chi connectivity index (χ1) is 16.6. The van der Waals surface area contributed by atoms with Gasteiger partial charge in [0.15, 0.2) is 0 Å². The molecule has 9 heteroatoms. The van der Waals surface area contributed by atoms with Gasteiger partial charge in [-0.2, -0.15) is 13.2 Å². The molecule has 1 aliphatic rings. The molecule has 0 saturated carbocycles. The molecule has 0 spiro atoms. The molecule has 2 aromatic carbocycles. The number of benzene rings is 2. The highest BCUT2D eigenvalue weighted by molar-refractivity contribution is 5.94. The largest absolute Gasteiger partial charge is 0.416 e. The molecule has 1 unspecified atom stereocenters. The van der Waals surface area contributed by atoms with Crippen LogP contribution in [0.25, 0.3) is 0 Å². The lowest BCUT2D eigenvalue weighted by atomic mass is 10.0. The number of aromatic nitrogens is 2. The molecule has 1 N–H and O–H groups in total. The molecule has 0 aliphatic carbocycles. The third-order valence-electron chi connectivity index (χ3n) is 6.27. The molecule has 3 aromatic rings. The standard InChI is InChI=1S/C26H27F3N4O2/c1-4-33-24(35)21-15-32(23(34)19-7-5-6-16(2)14-19)13-12-22(21)31-25(33)30-17(3)18-8-10-20(11-9-18)26(27,28)29/h5-11,14,17H,4,12-13,15H2,1-3H3,(H,30,31). The van der Waals surface area contributed by atoms with Crippen LogP contribution in [-0.4, -0.2) is 26.9 Å². The second-order valence-electron chi connectivity index (χ2n) is 8.74. The van der Waals surface area contributed by atoms with Gasteiger partial charge in [-0.05, 0) is 50.6 Å². The van der Waals surface area contributed by atoms with Crippen molar-refractivity contribution in [2.75, 3.05) is 11.9 Å². The topological polar surface area (TPSA) is 67.2 Å². The summed E-state index contributed by atoms with van der Waals surface area (Å²) in [6.07, 6.45) is -3.96. The molecular weight excluding hydrogens is 457 g/mol. The molecule has 184 valence electrons. The number of carbonyl (C=O) groups is 1. The van der Waals surface area contributed by atoms with E-state index in [4.69, 9.17) is 0 Å². The fraction of sp³-hybridized carbons (Fsp3) is 0.346. The zero-order valence-electron chi connectivity index (χ0n) is 19.8. The number of amides is 1. The highest BCUT2D eigenvalue weighted by Crippen LogP contribution is 2.30. The molecule has 1 amide bonds. The third-order valence-corrected chi connectivity index (χ3v) is 6.27. The number of alkyl halides is 3. The van der Waals surface area contributed by atoms with Crippen molar-refractivity contribution in [3.05, 3.63) is 92.4 Å². The Kier molecular flexibility index (Phi) is 6.69. The maximum Gasteiger partial charge on any atom is 0.416 e. The molecule has 6 nitrogen and oxygen atoms in total. The molecule has 4 rings (SSSR count). The number of hydrogen-bond acceptors (Lipinski definition) is 4. The van der Waals surface area contributed by atoms with Crippen molar-refractivity contribution in [2.24, 2.45) is 0 Å². The Hall–Kier alpha value is -3.62. The lowest BCUT2D eigenvalue weighted by Gasteiger charge is -2.29. The molecule has 1 atom stereocenters. The first-order valence-electron chi connectivity index (χ1n) is 11.5. The Bertz CT molecular complexity index is 1300. The van der Waals surface area contributed by atoms with Crippen LogP contribution in [0.15, 0.2) is 53.3 Å². The Morgan fingerprint density at radius 2 is 1.89 bits per heavy atom. The molecular formula is C26H27F3N4O2. The van der Waals surface area contributed by atoms with Crippen molar-refractivity contribution in [1.29, 1.82) is 0 Å². The summed E-state index contributed by atoms with van der Waals surface area (Å²) in [5, 5.41) is 3.18. The van der Waals surface area contributed by atoms with Crippen LogP contribution in [0.5, 0.6) is 0 Å². The number of hydrogen-bond donors (Lipinski definition) is 1. The lowest BCUT2D eigenvalue weighted by Crippen LogP contribution is -2.41. The van der Waals surface area contributed by atoms with Gasteiger partial charge in [-0.3, -0.25) is 14.2 Å². The summed E-state index contributed by atoms with van der Waals surface area (Å²) in [5.74, 6) is 0.238. The molecule has 2 heterocycles. The van der Waals surface area contributed by atoms with E-state index in [0.29, 0.717) is 47.8 Å². The summed E-state index contributed by atoms with van der Waals surface area (Å²) < 4.78 is 40.1. The van der Waals surface area contributed by atoms with Gasteiger partial charge >= 0.3 is 6.18 Å². The Morgan fingerprint density at radius 3 is 2.51 bits per heavy atom. The van der Waals surface area contributed by atoms with Gasteiger partial charge in [0, 0.05) is 25.1 Å². The third kappa shape index (κ3) is 5.08. The molecule has 0 radical (unpaired) electrons. The number of fused-ring (bicyclic) bond motifs is 1. The number of rotatable bonds is 5. The smallest absolute Gasteiger partial charge is 0.349 e. The van der Waals surface area contributed by atoms with Gasteiger partial charge in [-0.1, -0.05) is 29.8 Å². The van der Waals surface area contributed by atoms with Crippen LogP contribution in [0, 0.1) is 6.92 Å². The van der Waals surface area contributed by atoms with Gasteiger partial charge in [-0.25, -0.2) is 4.98 Å². The van der Waals surface area contributed by atoms with E-state index in [1.165, 1.54) is 16.7 Å². The minimum atomic E-state index is -4.40. The SMILES string of the molecule is CCn1c(NC(C)c2ccc(C(F)(F)F)cc2)nc2c(c1=O)CN(C(=O)c1cccc(C)c1)CC2. The molecule has 0 bridgehead atoms. The van der Waals surface area contributed by atoms with Crippen LogP contribution in [0.1, 0.15) is 58.2 Å². The van der Waals surface area contributed by atoms with Crippen LogP contribution in [0.2, 0.25) is 0 Å². The van der Waals surface area contributed by atoms with Crippen molar-refractivity contribution < 1.29 is 18.0 Å². The minimum absolute atomic E-state index is 0.125. The van der Waals surface area contributed by atoms with E-state index in [1.54, 1.807) is 17.9 Å². The second kappa shape index (κ2) is 9.56. The zero-order chi connectivity index (χ0) is 25.3. The maximum atomic E-state index is 13.3. The number of anilines is 1. The normalized spacial score (nSPS) is 14.4. The maximum absolute atomic E-state index is 13.3. The van der Waals surface area contributed by atoms with Crippen LogP contribution in [0.3, 0.4) is 0 Å². The van der Waals surface area contributed by atoms with Crippen LogP contribution in [-0.2, 0) is 25.7 Å². The van der Waals surface area contributed by atoms with Crippen LogP contribution >= 0.6 is 0 Å². The zero-order valence-corrected chi connectivity index (χ0v) is 19.8. The quantitative estimate of drug-likeness (QED) is 0.556. The number of aryl methyl sites for hydroxylation is 1. The van der Waals surface area contributed by atoms with E-state index in [9.17, 15) is 22.8 Å². The number of nitrogens with zero attached hydrogens (tertiary/aromatic N) is 3. The summed E-state index contributed by atoms with van der Waals surface area (Å²) in [5.41, 5.74) is 2.41. The predicted molar refractivity (Wildman–Crippen MR) is 127 cm³/mol. The Balaban J connectivity index is 1.57. The summed E-state index contributed by atoms with van der Waals surface area (Å²) in [4.78, 5) is 32.7. The van der Waals surface area contributed by atoms with Gasteiger partial charge in [0.2, 0.25) is 5.95 Å².